The van der Waals surface area contributed by atoms with E-state index < -0.39 is 6.61 Å². The van der Waals surface area contributed by atoms with Gasteiger partial charge in [-0.3, -0.25) is 9.78 Å². The van der Waals surface area contributed by atoms with Crippen LogP contribution in [0.5, 0.6) is 0 Å². The fraction of sp³-hybridized carbons (Fsp3) is 0.200. The number of carbonyl (C=O) groups excluding carboxylic acids is 1. The zero-order valence-corrected chi connectivity index (χ0v) is 7.77. The van der Waals surface area contributed by atoms with Crippen molar-refractivity contribution in [1.29, 1.82) is 0 Å². The van der Waals surface area contributed by atoms with Gasteiger partial charge in [-0.15, -0.1) is 0 Å². The lowest BCUT2D eigenvalue weighted by Crippen LogP contribution is -2.03. The van der Waals surface area contributed by atoms with Crippen LogP contribution >= 0.6 is 0 Å². The summed E-state index contributed by atoms with van der Waals surface area (Å²) in [5.74, 6) is -0.297. The maximum absolute atomic E-state index is 11.3. The molecule has 0 atom stereocenters. The van der Waals surface area contributed by atoms with Crippen molar-refractivity contribution in [2.45, 2.75) is 0 Å². The molecule has 4 nitrogen and oxygen atoms in total. The van der Waals surface area contributed by atoms with Crippen LogP contribution in [0.15, 0.2) is 24.5 Å². The molecule has 0 bridgehead atoms. The highest BCUT2D eigenvalue weighted by Gasteiger charge is 2.13. The molecule has 0 aliphatic heterocycles. The Morgan fingerprint density at radius 2 is 2.43 bits per heavy atom. The fourth-order valence-corrected chi connectivity index (χ4v) is 1.50. The Hall–Kier alpha value is -1.68. The lowest BCUT2D eigenvalue weighted by molar-refractivity contribution is 0.0905. The van der Waals surface area contributed by atoms with Crippen LogP contribution in [0.4, 0.5) is 0 Å². The monoisotopic (exact) mass is 190 g/mol. The summed E-state index contributed by atoms with van der Waals surface area (Å²) in [5.41, 5.74) is 2.02. The van der Waals surface area contributed by atoms with Gasteiger partial charge in [-0.05, 0) is 12.1 Å². The van der Waals surface area contributed by atoms with E-state index in [0.717, 1.165) is 5.52 Å². The predicted octanol–water partition coefficient (Wildman–Crippen LogP) is 0.748. The molecule has 2 heterocycles. The maximum Gasteiger partial charge on any atom is 0.191 e. The summed E-state index contributed by atoms with van der Waals surface area (Å²) in [6, 6.07) is 3.70. The highest BCUT2D eigenvalue weighted by molar-refractivity contribution is 6.07. The number of aliphatic hydroxyl groups is 1. The number of hydrogen-bond donors (Lipinski definition) is 1. The number of pyridine rings is 1. The van der Waals surface area contributed by atoms with Crippen LogP contribution in [0.1, 0.15) is 10.4 Å². The Morgan fingerprint density at radius 1 is 1.64 bits per heavy atom. The van der Waals surface area contributed by atoms with Crippen LogP contribution in [-0.4, -0.2) is 27.0 Å². The summed E-state index contributed by atoms with van der Waals surface area (Å²) in [4.78, 5) is 15.5. The molecule has 2 rings (SSSR count). The number of rotatable bonds is 2. The predicted molar refractivity (Wildman–Crippen MR) is 52.1 cm³/mol. The first-order valence-electron chi connectivity index (χ1n) is 4.28. The third kappa shape index (κ3) is 1.20. The number of Topliss-reactive ketones (excluding diaryl/α,β-unsaturated/α-hetero) is 1. The molecule has 0 saturated heterocycles. The first-order chi connectivity index (χ1) is 6.74. The highest BCUT2D eigenvalue weighted by Crippen LogP contribution is 2.17. The lowest BCUT2D eigenvalue weighted by Gasteiger charge is -1.93. The number of aryl methyl sites for hydroxylation is 1. The molecule has 4 heteroatoms. The molecule has 0 aliphatic carbocycles. The van der Waals surface area contributed by atoms with Crippen molar-refractivity contribution >= 4 is 16.8 Å². The average Bonchev–Trinajstić information content (AvgIpc) is 2.56. The number of fused-ring (bicyclic) bond motifs is 1. The van der Waals surface area contributed by atoms with Crippen molar-refractivity contribution in [3.63, 3.8) is 0 Å². The van der Waals surface area contributed by atoms with Crippen LogP contribution in [0, 0.1) is 0 Å². The van der Waals surface area contributed by atoms with E-state index in [-0.39, 0.29) is 5.78 Å². The summed E-state index contributed by atoms with van der Waals surface area (Å²) in [7, 11) is 1.85. The Kier molecular flexibility index (Phi) is 2.05. The second kappa shape index (κ2) is 3.23. The average molecular weight is 190 g/mol. The van der Waals surface area contributed by atoms with Gasteiger partial charge in [0.2, 0.25) is 0 Å². The Morgan fingerprint density at radius 3 is 3.14 bits per heavy atom. The van der Waals surface area contributed by atoms with Crippen molar-refractivity contribution in [1.82, 2.24) is 9.55 Å². The molecular formula is C10H10N2O2. The van der Waals surface area contributed by atoms with E-state index in [9.17, 15) is 4.79 Å². The smallest absolute Gasteiger partial charge is 0.191 e. The van der Waals surface area contributed by atoms with Gasteiger partial charge in [0.1, 0.15) is 6.61 Å². The quantitative estimate of drug-likeness (QED) is 0.711. The summed E-state index contributed by atoms with van der Waals surface area (Å²) in [6.45, 7) is -0.477. The molecule has 72 valence electrons. The number of ketones is 1. The van der Waals surface area contributed by atoms with E-state index in [1.165, 1.54) is 0 Å². The number of nitrogens with zero attached hydrogens (tertiary/aromatic N) is 2. The third-order valence-electron chi connectivity index (χ3n) is 2.19. The maximum atomic E-state index is 11.3. The second-order valence-corrected chi connectivity index (χ2v) is 3.11. The zero-order valence-electron chi connectivity index (χ0n) is 7.77. The second-order valence-electron chi connectivity index (χ2n) is 3.11. The number of aliphatic hydroxyl groups excluding tert-OH is 1. The zero-order chi connectivity index (χ0) is 10.1. The van der Waals surface area contributed by atoms with Crippen LogP contribution < -0.4 is 0 Å². The van der Waals surface area contributed by atoms with Gasteiger partial charge in [0.05, 0.1) is 16.6 Å². The molecular weight excluding hydrogens is 180 g/mol. The minimum Gasteiger partial charge on any atom is -0.388 e. The molecule has 0 fully saturated rings. The van der Waals surface area contributed by atoms with Crippen molar-refractivity contribution in [3.8, 4) is 0 Å². The molecule has 0 aromatic carbocycles. The van der Waals surface area contributed by atoms with Gasteiger partial charge in [-0.25, -0.2) is 0 Å². The normalized spacial score (nSPS) is 10.7. The summed E-state index contributed by atoms with van der Waals surface area (Å²) < 4.78 is 1.82. The van der Waals surface area contributed by atoms with Crippen molar-refractivity contribution < 1.29 is 9.90 Å². The van der Waals surface area contributed by atoms with Gasteiger partial charge >= 0.3 is 0 Å². The molecule has 2 aromatic heterocycles. The third-order valence-corrected chi connectivity index (χ3v) is 2.19. The summed E-state index contributed by atoms with van der Waals surface area (Å²) in [5, 5.41) is 8.77. The molecule has 2 aromatic rings. The van der Waals surface area contributed by atoms with E-state index in [2.05, 4.69) is 4.98 Å². The van der Waals surface area contributed by atoms with Gasteiger partial charge < -0.3 is 9.67 Å². The Bertz CT molecular complexity index is 488. The number of hydrogen-bond acceptors (Lipinski definition) is 3. The molecule has 0 aliphatic rings. The summed E-state index contributed by atoms with van der Waals surface area (Å²) >= 11 is 0. The molecule has 0 amide bonds. The lowest BCUT2D eigenvalue weighted by atomic mass is 10.2. The molecule has 0 radical (unpaired) electrons. The first kappa shape index (κ1) is 8.90. The standard InChI is InChI=1S/C10H10N2O2/c1-12-5-7(9(14)6-13)10-8(12)3-2-4-11-10/h2-5,13H,6H2,1H3. The molecule has 14 heavy (non-hydrogen) atoms. The van der Waals surface area contributed by atoms with Gasteiger partial charge in [-0.1, -0.05) is 0 Å². The Balaban J connectivity index is 2.72. The largest absolute Gasteiger partial charge is 0.388 e. The van der Waals surface area contributed by atoms with Crippen LogP contribution in [0.3, 0.4) is 0 Å². The highest BCUT2D eigenvalue weighted by atomic mass is 16.3. The van der Waals surface area contributed by atoms with Gasteiger partial charge in [0.25, 0.3) is 0 Å². The van der Waals surface area contributed by atoms with Crippen molar-refractivity contribution in [2.24, 2.45) is 7.05 Å². The Labute approximate surface area is 80.8 Å². The van der Waals surface area contributed by atoms with E-state index >= 15 is 0 Å². The topological polar surface area (TPSA) is 55.1 Å². The van der Waals surface area contributed by atoms with E-state index in [1.54, 1.807) is 12.4 Å². The molecule has 0 saturated carbocycles. The van der Waals surface area contributed by atoms with Gasteiger partial charge in [-0.2, -0.15) is 0 Å². The van der Waals surface area contributed by atoms with Crippen LogP contribution in [0.25, 0.3) is 11.0 Å². The van der Waals surface area contributed by atoms with E-state index in [0.29, 0.717) is 11.1 Å². The van der Waals surface area contributed by atoms with Crippen LogP contribution in [-0.2, 0) is 7.05 Å². The minimum absolute atomic E-state index is 0.297. The van der Waals surface area contributed by atoms with E-state index in [4.69, 9.17) is 5.11 Å². The van der Waals surface area contributed by atoms with Gasteiger partial charge in [0, 0.05) is 19.4 Å². The number of aromatic nitrogens is 2. The van der Waals surface area contributed by atoms with E-state index in [1.807, 2.05) is 23.7 Å². The molecule has 1 N–H and O–H groups in total. The SMILES string of the molecule is Cn1cc(C(=O)CO)c2ncccc21. The van der Waals surface area contributed by atoms with Crippen molar-refractivity contribution in [2.75, 3.05) is 6.61 Å². The van der Waals surface area contributed by atoms with Crippen molar-refractivity contribution in [3.05, 3.63) is 30.1 Å². The first-order valence-corrected chi connectivity index (χ1v) is 4.28. The van der Waals surface area contributed by atoms with Gasteiger partial charge in [0.15, 0.2) is 5.78 Å². The summed E-state index contributed by atoms with van der Waals surface area (Å²) in [6.07, 6.45) is 3.33. The number of carbonyl (C=O) groups is 1. The molecule has 0 spiro atoms. The molecule has 0 unspecified atom stereocenters. The fourth-order valence-electron chi connectivity index (χ4n) is 1.50. The van der Waals surface area contributed by atoms with Crippen LogP contribution in [0.2, 0.25) is 0 Å². The minimum atomic E-state index is -0.477.